The molecule has 4 heteroatoms. The summed E-state index contributed by atoms with van der Waals surface area (Å²) in [5.41, 5.74) is 2.82. The van der Waals surface area contributed by atoms with Gasteiger partial charge in [0.2, 0.25) is 0 Å². The highest BCUT2D eigenvalue weighted by Gasteiger charge is 2.21. The minimum absolute atomic E-state index is 0.116. The zero-order valence-electron chi connectivity index (χ0n) is 10.5. The van der Waals surface area contributed by atoms with Crippen molar-refractivity contribution in [2.75, 3.05) is 26.2 Å². The van der Waals surface area contributed by atoms with Crippen LogP contribution in [0.3, 0.4) is 0 Å². The lowest BCUT2D eigenvalue weighted by Gasteiger charge is -2.27. The van der Waals surface area contributed by atoms with E-state index in [0.717, 1.165) is 48.3 Å². The summed E-state index contributed by atoms with van der Waals surface area (Å²) in [6.07, 6.45) is 0. The number of piperazine rings is 1. The van der Waals surface area contributed by atoms with Crippen LogP contribution in [0.2, 0.25) is 0 Å². The monoisotopic (exact) mass is 243 g/mol. The zero-order chi connectivity index (χ0) is 12.5. The third-order valence-corrected chi connectivity index (χ3v) is 3.58. The van der Waals surface area contributed by atoms with Crippen LogP contribution in [0.15, 0.2) is 24.3 Å². The Hall–Kier alpha value is -1.81. The molecule has 1 aromatic carbocycles. The van der Waals surface area contributed by atoms with Crippen molar-refractivity contribution in [3.8, 4) is 0 Å². The van der Waals surface area contributed by atoms with E-state index in [1.165, 1.54) is 0 Å². The number of carbonyl (C=O) groups is 1. The lowest BCUT2D eigenvalue weighted by molar-refractivity contribution is 0.0730. The molecule has 94 valence electrons. The predicted molar refractivity (Wildman–Crippen MR) is 71.8 cm³/mol. The number of fused-ring (bicyclic) bond motifs is 1. The summed E-state index contributed by atoms with van der Waals surface area (Å²) in [7, 11) is 0. The molecular weight excluding hydrogens is 226 g/mol. The molecule has 4 nitrogen and oxygen atoms in total. The molecule has 0 radical (unpaired) electrons. The molecule has 1 fully saturated rings. The van der Waals surface area contributed by atoms with Crippen molar-refractivity contribution in [1.82, 2.24) is 15.2 Å². The molecule has 0 atom stereocenters. The average molecular weight is 243 g/mol. The summed E-state index contributed by atoms with van der Waals surface area (Å²) >= 11 is 0. The Balaban J connectivity index is 1.98. The fraction of sp³-hybridized carbons (Fsp3) is 0.357. The number of benzene rings is 1. The maximum atomic E-state index is 12.5. The Morgan fingerprint density at radius 1 is 1.22 bits per heavy atom. The van der Waals surface area contributed by atoms with E-state index in [0.29, 0.717) is 0 Å². The summed E-state index contributed by atoms with van der Waals surface area (Å²) in [6.45, 7) is 5.34. The summed E-state index contributed by atoms with van der Waals surface area (Å²) in [5.74, 6) is 0.116. The molecule has 1 aliphatic rings. The van der Waals surface area contributed by atoms with Crippen LogP contribution in [0.4, 0.5) is 0 Å². The van der Waals surface area contributed by atoms with Crippen molar-refractivity contribution >= 4 is 16.8 Å². The maximum Gasteiger partial charge on any atom is 0.270 e. The van der Waals surface area contributed by atoms with Crippen molar-refractivity contribution in [3.63, 3.8) is 0 Å². The normalized spacial score (nSPS) is 16.2. The van der Waals surface area contributed by atoms with Crippen LogP contribution in [0.5, 0.6) is 0 Å². The van der Waals surface area contributed by atoms with E-state index in [9.17, 15) is 4.79 Å². The summed E-state index contributed by atoms with van der Waals surface area (Å²) in [5, 5.41) is 4.39. The van der Waals surface area contributed by atoms with E-state index in [2.05, 4.69) is 16.4 Å². The number of aromatic nitrogens is 1. The predicted octanol–water partition coefficient (Wildman–Crippen LogP) is 1.52. The van der Waals surface area contributed by atoms with Crippen LogP contribution in [0, 0.1) is 6.92 Å². The molecule has 3 rings (SSSR count). The molecule has 0 aliphatic carbocycles. The maximum absolute atomic E-state index is 12.5. The van der Waals surface area contributed by atoms with Crippen molar-refractivity contribution in [2.45, 2.75) is 6.92 Å². The molecule has 1 aromatic heterocycles. The number of aromatic amines is 1. The second kappa shape index (κ2) is 4.46. The molecular formula is C14H17N3O. The Kier molecular flexibility index (Phi) is 2.80. The molecule has 0 unspecified atom stereocenters. The van der Waals surface area contributed by atoms with Crippen LogP contribution in [0.25, 0.3) is 10.9 Å². The zero-order valence-corrected chi connectivity index (χ0v) is 10.5. The van der Waals surface area contributed by atoms with Gasteiger partial charge in [0.05, 0.1) is 0 Å². The minimum atomic E-state index is 0.116. The highest BCUT2D eigenvalue weighted by atomic mass is 16.2. The van der Waals surface area contributed by atoms with Gasteiger partial charge in [0.1, 0.15) is 5.69 Å². The minimum Gasteiger partial charge on any atom is -0.350 e. The smallest absolute Gasteiger partial charge is 0.270 e. The first-order valence-corrected chi connectivity index (χ1v) is 6.34. The molecule has 2 aromatic rings. The molecule has 2 N–H and O–H groups in total. The lowest BCUT2D eigenvalue weighted by Crippen LogP contribution is -2.46. The number of hydrogen-bond acceptors (Lipinski definition) is 2. The number of H-pyrrole nitrogens is 1. The highest BCUT2D eigenvalue weighted by Crippen LogP contribution is 2.22. The van der Waals surface area contributed by atoms with Gasteiger partial charge in [-0.1, -0.05) is 18.2 Å². The van der Waals surface area contributed by atoms with Crippen molar-refractivity contribution in [2.24, 2.45) is 0 Å². The number of carbonyl (C=O) groups excluding carboxylic acids is 1. The number of hydrogen-bond donors (Lipinski definition) is 2. The molecule has 18 heavy (non-hydrogen) atoms. The first-order valence-electron chi connectivity index (χ1n) is 6.34. The molecule has 2 heterocycles. The van der Waals surface area contributed by atoms with Crippen molar-refractivity contribution in [3.05, 3.63) is 35.5 Å². The van der Waals surface area contributed by atoms with E-state index in [-0.39, 0.29) is 5.91 Å². The van der Waals surface area contributed by atoms with Gasteiger partial charge >= 0.3 is 0 Å². The molecule has 0 saturated carbocycles. The van der Waals surface area contributed by atoms with Gasteiger partial charge in [-0.25, -0.2) is 0 Å². The van der Waals surface area contributed by atoms with Crippen LogP contribution >= 0.6 is 0 Å². The van der Waals surface area contributed by atoms with Gasteiger partial charge in [-0.3, -0.25) is 4.79 Å². The number of amides is 1. The summed E-state index contributed by atoms with van der Waals surface area (Å²) in [6, 6.07) is 8.05. The Morgan fingerprint density at radius 2 is 1.94 bits per heavy atom. The lowest BCUT2D eigenvalue weighted by atomic mass is 10.1. The van der Waals surface area contributed by atoms with E-state index < -0.39 is 0 Å². The van der Waals surface area contributed by atoms with Crippen LogP contribution < -0.4 is 5.32 Å². The summed E-state index contributed by atoms with van der Waals surface area (Å²) < 4.78 is 0. The number of rotatable bonds is 1. The number of nitrogens with one attached hydrogen (secondary N) is 2. The van der Waals surface area contributed by atoms with E-state index in [1.54, 1.807) is 0 Å². The van der Waals surface area contributed by atoms with E-state index in [4.69, 9.17) is 0 Å². The van der Waals surface area contributed by atoms with Crippen molar-refractivity contribution in [1.29, 1.82) is 0 Å². The SMILES string of the molecule is Cc1c(C(=O)N2CCNCC2)[nH]c2ccccc12. The van der Waals surface area contributed by atoms with Crippen LogP contribution in [0.1, 0.15) is 16.1 Å². The first kappa shape index (κ1) is 11.3. The second-order valence-electron chi connectivity index (χ2n) is 4.71. The van der Waals surface area contributed by atoms with Crippen molar-refractivity contribution < 1.29 is 4.79 Å². The third-order valence-electron chi connectivity index (χ3n) is 3.58. The Bertz CT molecular complexity index is 582. The van der Waals surface area contributed by atoms with E-state index in [1.807, 2.05) is 30.0 Å². The van der Waals surface area contributed by atoms with Crippen LogP contribution in [-0.2, 0) is 0 Å². The van der Waals surface area contributed by atoms with Gasteiger partial charge in [-0.15, -0.1) is 0 Å². The van der Waals surface area contributed by atoms with Crippen LogP contribution in [-0.4, -0.2) is 42.0 Å². The highest BCUT2D eigenvalue weighted by molar-refractivity contribution is 6.00. The molecule has 1 amide bonds. The summed E-state index contributed by atoms with van der Waals surface area (Å²) in [4.78, 5) is 17.6. The molecule has 1 aliphatic heterocycles. The standard InChI is InChI=1S/C14H17N3O/c1-10-11-4-2-3-5-12(11)16-13(10)14(18)17-8-6-15-7-9-17/h2-5,15-16H,6-9H2,1H3. The largest absolute Gasteiger partial charge is 0.350 e. The average Bonchev–Trinajstić information content (AvgIpc) is 2.77. The fourth-order valence-electron chi connectivity index (χ4n) is 2.52. The fourth-order valence-corrected chi connectivity index (χ4v) is 2.52. The second-order valence-corrected chi connectivity index (χ2v) is 4.71. The number of nitrogens with zero attached hydrogens (tertiary/aromatic N) is 1. The number of aryl methyl sites for hydroxylation is 1. The number of para-hydroxylation sites is 1. The Morgan fingerprint density at radius 3 is 2.67 bits per heavy atom. The first-order chi connectivity index (χ1) is 8.77. The Labute approximate surface area is 106 Å². The topological polar surface area (TPSA) is 48.1 Å². The van der Waals surface area contributed by atoms with Gasteiger partial charge < -0.3 is 15.2 Å². The van der Waals surface area contributed by atoms with E-state index >= 15 is 0 Å². The van der Waals surface area contributed by atoms with Gasteiger partial charge in [-0.05, 0) is 18.6 Å². The van der Waals surface area contributed by atoms with Gasteiger partial charge in [0.25, 0.3) is 5.91 Å². The quantitative estimate of drug-likeness (QED) is 0.798. The molecule has 0 bridgehead atoms. The van der Waals surface area contributed by atoms with Gasteiger partial charge in [-0.2, -0.15) is 0 Å². The van der Waals surface area contributed by atoms with Gasteiger partial charge in [0.15, 0.2) is 0 Å². The molecule has 0 spiro atoms. The molecule has 1 saturated heterocycles. The van der Waals surface area contributed by atoms with Gasteiger partial charge in [0, 0.05) is 37.1 Å². The third kappa shape index (κ3) is 1.78.